The average molecular weight is 299 g/mol. The third-order valence-electron chi connectivity index (χ3n) is 4.43. The number of aryl methyl sites for hydroxylation is 2. The molecule has 5 nitrogen and oxygen atoms in total. The van der Waals surface area contributed by atoms with Gasteiger partial charge in [-0.05, 0) is 25.8 Å². The number of fused-ring (bicyclic) bond motifs is 2. The maximum atomic E-state index is 5.55. The van der Waals surface area contributed by atoms with Crippen molar-refractivity contribution in [3.05, 3.63) is 41.5 Å². The number of benzene rings is 1. The van der Waals surface area contributed by atoms with Gasteiger partial charge in [-0.3, -0.25) is 0 Å². The maximum Gasteiger partial charge on any atom is 0.231 e. The fourth-order valence-electron chi connectivity index (χ4n) is 3.41. The Morgan fingerprint density at radius 1 is 1.36 bits per heavy atom. The zero-order chi connectivity index (χ0) is 14.9. The second-order valence-electron chi connectivity index (χ2n) is 6.05. The molecule has 1 aromatic carbocycles. The minimum absolute atomic E-state index is 0.325. The van der Waals surface area contributed by atoms with Crippen molar-refractivity contribution < 1.29 is 9.47 Å². The maximum absolute atomic E-state index is 5.55. The van der Waals surface area contributed by atoms with Gasteiger partial charge in [-0.1, -0.05) is 12.1 Å². The van der Waals surface area contributed by atoms with Crippen molar-refractivity contribution in [2.75, 3.05) is 13.3 Å². The number of rotatable bonds is 4. The minimum Gasteiger partial charge on any atom is -0.454 e. The summed E-state index contributed by atoms with van der Waals surface area (Å²) in [4.78, 5) is 4.69. The molecule has 5 heteroatoms. The number of hydrogen-bond acceptors (Lipinski definition) is 4. The Hall–Kier alpha value is -2.01. The van der Waals surface area contributed by atoms with Gasteiger partial charge in [-0.25, -0.2) is 4.98 Å². The Kier molecular flexibility index (Phi) is 3.50. The second-order valence-corrected chi connectivity index (χ2v) is 6.05. The van der Waals surface area contributed by atoms with Crippen molar-refractivity contribution in [3.63, 3.8) is 0 Å². The van der Waals surface area contributed by atoms with Crippen molar-refractivity contribution in [2.24, 2.45) is 0 Å². The third kappa shape index (κ3) is 2.46. The SMILES string of the molecule is Cc1cn2c(n1)[C@H](CNCc1cccc3c1OCO3)CCC2. The highest BCUT2D eigenvalue weighted by Crippen LogP contribution is 2.35. The monoisotopic (exact) mass is 299 g/mol. The molecule has 0 saturated carbocycles. The molecule has 1 atom stereocenters. The smallest absolute Gasteiger partial charge is 0.231 e. The molecule has 1 N–H and O–H groups in total. The fourth-order valence-corrected chi connectivity index (χ4v) is 3.41. The van der Waals surface area contributed by atoms with E-state index in [-0.39, 0.29) is 0 Å². The van der Waals surface area contributed by atoms with E-state index in [1.807, 2.05) is 12.1 Å². The van der Waals surface area contributed by atoms with Gasteiger partial charge in [0, 0.05) is 37.3 Å². The van der Waals surface area contributed by atoms with Gasteiger partial charge >= 0.3 is 0 Å². The lowest BCUT2D eigenvalue weighted by Crippen LogP contribution is -2.26. The van der Waals surface area contributed by atoms with Crippen LogP contribution < -0.4 is 14.8 Å². The van der Waals surface area contributed by atoms with Crippen LogP contribution in [0.15, 0.2) is 24.4 Å². The molecular weight excluding hydrogens is 278 g/mol. The summed E-state index contributed by atoms with van der Waals surface area (Å²) in [5.41, 5.74) is 2.28. The molecule has 1 aromatic heterocycles. The highest BCUT2D eigenvalue weighted by atomic mass is 16.7. The predicted molar refractivity (Wildman–Crippen MR) is 83.2 cm³/mol. The summed E-state index contributed by atoms with van der Waals surface area (Å²) < 4.78 is 13.3. The molecule has 0 unspecified atom stereocenters. The summed E-state index contributed by atoms with van der Waals surface area (Å²) in [6.45, 7) is 5.24. The molecule has 0 bridgehead atoms. The zero-order valence-electron chi connectivity index (χ0n) is 12.8. The van der Waals surface area contributed by atoms with Crippen molar-refractivity contribution in [1.82, 2.24) is 14.9 Å². The first-order valence-corrected chi connectivity index (χ1v) is 7.93. The topological polar surface area (TPSA) is 48.3 Å². The Labute approximate surface area is 130 Å². The van der Waals surface area contributed by atoms with Crippen LogP contribution in [0.2, 0.25) is 0 Å². The third-order valence-corrected chi connectivity index (χ3v) is 4.43. The highest BCUT2D eigenvalue weighted by molar-refractivity contribution is 5.48. The molecule has 0 saturated heterocycles. The number of ether oxygens (including phenoxy) is 2. The van der Waals surface area contributed by atoms with E-state index in [1.165, 1.54) is 18.7 Å². The zero-order valence-corrected chi connectivity index (χ0v) is 12.8. The van der Waals surface area contributed by atoms with E-state index in [4.69, 9.17) is 14.5 Å². The molecule has 2 aliphatic heterocycles. The molecular formula is C17H21N3O2. The molecule has 0 radical (unpaired) electrons. The van der Waals surface area contributed by atoms with Gasteiger partial charge in [-0.15, -0.1) is 0 Å². The van der Waals surface area contributed by atoms with E-state index in [2.05, 4.69) is 29.1 Å². The van der Waals surface area contributed by atoms with Crippen LogP contribution in [0.5, 0.6) is 11.5 Å². The van der Waals surface area contributed by atoms with E-state index >= 15 is 0 Å². The molecule has 22 heavy (non-hydrogen) atoms. The van der Waals surface area contributed by atoms with Gasteiger partial charge in [-0.2, -0.15) is 0 Å². The number of nitrogens with one attached hydrogen (secondary N) is 1. The molecule has 0 fully saturated rings. The molecule has 2 aromatic rings. The van der Waals surface area contributed by atoms with Crippen molar-refractivity contribution >= 4 is 0 Å². The number of imidazole rings is 1. The minimum atomic E-state index is 0.325. The Morgan fingerprint density at radius 3 is 3.27 bits per heavy atom. The van der Waals surface area contributed by atoms with Crippen LogP contribution in [0.25, 0.3) is 0 Å². The number of nitrogens with zero attached hydrogens (tertiary/aromatic N) is 2. The van der Waals surface area contributed by atoms with E-state index in [0.717, 1.165) is 42.4 Å². The Bertz CT molecular complexity index is 681. The van der Waals surface area contributed by atoms with Crippen LogP contribution in [0.3, 0.4) is 0 Å². The predicted octanol–water partition coefficient (Wildman–Crippen LogP) is 2.59. The van der Waals surface area contributed by atoms with Crippen LogP contribution in [0.1, 0.15) is 35.8 Å². The number of aromatic nitrogens is 2. The molecule has 3 heterocycles. The summed E-state index contributed by atoms with van der Waals surface area (Å²) in [6, 6.07) is 6.06. The van der Waals surface area contributed by atoms with Crippen molar-refractivity contribution in [3.8, 4) is 11.5 Å². The quantitative estimate of drug-likeness (QED) is 0.942. The molecule has 0 aliphatic carbocycles. The first kappa shape index (κ1) is 13.6. The van der Waals surface area contributed by atoms with Crippen LogP contribution >= 0.6 is 0 Å². The molecule has 0 spiro atoms. The average Bonchev–Trinajstić information content (AvgIpc) is 3.13. The van der Waals surface area contributed by atoms with Crippen LogP contribution in [0.4, 0.5) is 0 Å². The van der Waals surface area contributed by atoms with Crippen molar-refractivity contribution in [2.45, 2.75) is 38.8 Å². The van der Waals surface area contributed by atoms with Gasteiger partial charge < -0.3 is 19.4 Å². The largest absolute Gasteiger partial charge is 0.454 e. The van der Waals surface area contributed by atoms with Gasteiger partial charge in [0.15, 0.2) is 11.5 Å². The summed E-state index contributed by atoms with van der Waals surface area (Å²) in [5, 5.41) is 3.56. The standard InChI is InChI=1S/C17H21N3O2/c1-12-10-20-7-3-5-14(17(20)19-12)9-18-8-13-4-2-6-15-16(13)22-11-21-15/h2,4,6,10,14,18H,3,5,7-9,11H2,1H3/t14-/m0/s1. The lowest BCUT2D eigenvalue weighted by molar-refractivity contribution is 0.173. The first-order chi connectivity index (χ1) is 10.8. The van der Waals surface area contributed by atoms with Crippen molar-refractivity contribution in [1.29, 1.82) is 0 Å². The molecule has 2 aliphatic rings. The van der Waals surface area contributed by atoms with Crippen LogP contribution in [0, 0.1) is 6.92 Å². The van der Waals surface area contributed by atoms with Crippen LogP contribution in [-0.4, -0.2) is 22.9 Å². The van der Waals surface area contributed by atoms with E-state index in [1.54, 1.807) is 0 Å². The Morgan fingerprint density at radius 2 is 2.32 bits per heavy atom. The Balaban J connectivity index is 1.41. The molecule has 116 valence electrons. The summed E-state index contributed by atoms with van der Waals surface area (Å²) in [5.74, 6) is 3.46. The van der Waals surface area contributed by atoms with Gasteiger partial charge in [0.25, 0.3) is 0 Å². The van der Waals surface area contributed by atoms with Gasteiger partial charge in [0.1, 0.15) is 5.82 Å². The second kappa shape index (κ2) is 5.65. The molecule has 4 rings (SSSR count). The highest BCUT2D eigenvalue weighted by Gasteiger charge is 2.22. The normalized spacial score (nSPS) is 19.2. The number of para-hydroxylation sites is 1. The molecule has 0 amide bonds. The van der Waals surface area contributed by atoms with Gasteiger partial charge in [0.2, 0.25) is 6.79 Å². The lowest BCUT2D eigenvalue weighted by atomic mass is 9.99. The lowest BCUT2D eigenvalue weighted by Gasteiger charge is -2.23. The van der Waals surface area contributed by atoms with Crippen LogP contribution in [-0.2, 0) is 13.1 Å². The fraction of sp³-hybridized carbons (Fsp3) is 0.471. The van der Waals surface area contributed by atoms with E-state index in [0.29, 0.717) is 12.7 Å². The summed E-state index contributed by atoms with van der Waals surface area (Å²) in [7, 11) is 0. The van der Waals surface area contributed by atoms with E-state index in [9.17, 15) is 0 Å². The van der Waals surface area contributed by atoms with Gasteiger partial charge in [0.05, 0.1) is 5.69 Å². The summed E-state index contributed by atoms with van der Waals surface area (Å²) in [6.07, 6.45) is 4.60. The first-order valence-electron chi connectivity index (χ1n) is 7.93. The number of hydrogen-bond donors (Lipinski definition) is 1. The summed E-state index contributed by atoms with van der Waals surface area (Å²) >= 11 is 0. The van der Waals surface area contributed by atoms with E-state index < -0.39 is 0 Å².